The van der Waals surface area contributed by atoms with Gasteiger partial charge in [-0.3, -0.25) is 0 Å². The Morgan fingerprint density at radius 1 is 1.62 bits per heavy atom. The molecule has 3 unspecified atom stereocenters. The van der Waals surface area contributed by atoms with Gasteiger partial charge in [0.2, 0.25) is 0 Å². The number of morpholine rings is 1. The molecule has 0 amide bonds. The van der Waals surface area contributed by atoms with Crippen LogP contribution in [0.15, 0.2) is 11.8 Å². The van der Waals surface area contributed by atoms with E-state index >= 15 is 0 Å². The van der Waals surface area contributed by atoms with Gasteiger partial charge in [0.1, 0.15) is 6.10 Å². The van der Waals surface area contributed by atoms with Crippen LogP contribution >= 0.6 is 0 Å². The molecule has 0 spiro atoms. The predicted octanol–water partition coefficient (Wildman–Crippen LogP) is 0.244. The summed E-state index contributed by atoms with van der Waals surface area (Å²) < 4.78 is 5.68. The molecule has 4 heteroatoms. The SMILES string of the molecule is CC1CNC(C)C(/C(C=N)=C/N)O1. The Bertz CT molecular complexity index is 215. The molecule has 1 heterocycles. The van der Waals surface area contributed by atoms with Crippen molar-refractivity contribution in [1.82, 2.24) is 5.32 Å². The van der Waals surface area contributed by atoms with Crippen molar-refractivity contribution >= 4 is 6.21 Å². The highest BCUT2D eigenvalue weighted by Crippen LogP contribution is 2.15. The van der Waals surface area contributed by atoms with Gasteiger partial charge >= 0.3 is 0 Å². The number of hydrogen-bond acceptors (Lipinski definition) is 4. The van der Waals surface area contributed by atoms with Crippen molar-refractivity contribution in [1.29, 1.82) is 5.41 Å². The highest BCUT2D eigenvalue weighted by molar-refractivity contribution is 5.77. The average molecular weight is 183 g/mol. The standard InChI is InChI=1S/C9H17N3O/c1-6-5-12-7(2)9(13-6)8(3-10)4-11/h3-4,6-7,9-10,12H,5,11H2,1-2H3/b8-4+,10-3?. The molecule has 0 bridgehead atoms. The van der Waals surface area contributed by atoms with E-state index in [4.69, 9.17) is 15.9 Å². The van der Waals surface area contributed by atoms with Gasteiger partial charge in [-0.05, 0) is 13.8 Å². The molecule has 74 valence electrons. The number of hydrogen-bond donors (Lipinski definition) is 3. The topological polar surface area (TPSA) is 71.1 Å². The molecule has 1 rings (SSSR count). The number of nitrogens with one attached hydrogen (secondary N) is 2. The average Bonchev–Trinajstić information content (AvgIpc) is 2.13. The lowest BCUT2D eigenvalue weighted by Crippen LogP contribution is -2.51. The van der Waals surface area contributed by atoms with Crippen molar-refractivity contribution in [2.75, 3.05) is 6.54 Å². The fraction of sp³-hybridized carbons (Fsp3) is 0.667. The number of ether oxygens (including phenoxy) is 1. The van der Waals surface area contributed by atoms with Crippen LogP contribution in [0.5, 0.6) is 0 Å². The first-order valence-electron chi connectivity index (χ1n) is 4.50. The molecule has 4 N–H and O–H groups in total. The van der Waals surface area contributed by atoms with E-state index in [0.29, 0.717) is 0 Å². The minimum Gasteiger partial charge on any atom is -0.404 e. The van der Waals surface area contributed by atoms with Crippen LogP contribution in [0.1, 0.15) is 13.8 Å². The monoisotopic (exact) mass is 183 g/mol. The summed E-state index contributed by atoms with van der Waals surface area (Å²) in [4.78, 5) is 0. The van der Waals surface area contributed by atoms with Gasteiger partial charge in [0.05, 0.1) is 6.10 Å². The van der Waals surface area contributed by atoms with Gasteiger partial charge in [0.15, 0.2) is 0 Å². The van der Waals surface area contributed by atoms with Crippen LogP contribution < -0.4 is 11.1 Å². The van der Waals surface area contributed by atoms with Crippen LogP contribution in [0, 0.1) is 5.41 Å². The lowest BCUT2D eigenvalue weighted by Gasteiger charge is -2.34. The summed E-state index contributed by atoms with van der Waals surface area (Å²) in [6.45, 7) is 4.89. The molecule has 0 saturated carbocycles. The second kappa shape index (κ2) is 4.39. The minimum atomic E-state index is -0.0914. The van der Waals surface area contributed by atoms with E-state index in [1.54, 1.807) is 0 Å². The molecule has 1 aliphatic heterocycles. The fourth-order valence-corrected chi connectivity index (χ4v) is 1.47. The first-order chi connectivity index (χ1) is 6.19. The summed E-state index contributed by atoms with van der Waals surface area (Å²) in [6.07, 6.45) is 2.77. The summed E-state index contributed by atoms with van der Waals surface area (Å²) in [6, 6.07) is 0.215. The molecule has 0 radical (unpaired) electrons. The normalized spacial score (nSPS) is 35.8. The summed E-state index contributed by atoms with van der Waals surface area (Å²) in [7, 11) is 0. The van der Waals surface area contributed by atoms with Crippen molar-refractivity contribution < 1.29 is 4.74 Å². The van der Waals surface area contributed by atoms with Gasteiger partial charge in [-0.1, -0.05) is 0 Å². The maximum absolute atomic E-state index is 7.17. The highest BCUT2D eigenvalue weighted by atomic mass is 16.5. The first kappa shape index (κ1) is 10.2. The van der Waals surface area contributed by atoms with Crippen LogP contribution in [0.4, 0.5) is 0 Å². The highest BCUT2D eigenvalue weighted by Gasteiger charge is 2.27. The zero-order valence-electron chi connectivity index (χ0n) is 8.08. The van der Waals surface area contributed by atoms with Gasteiger partial charge in [-0.25, -0.2) is 0 Å². The van der Waals surface area contributed by atoms with Gasteiger partial charge in [-0.2, -0.15) is 0 Å². The smallest absolute Gasteiger partial charge is 0.101 e. The van der Waals surface area contributed by atoms with Crippen LogP contribution in [0.3, 0.4) is 0 Å². The van der Waals surface area contributed by atoms with E-state index in [-0.39, 0.29) is 18.2 Å². The fourth-order valence-electron chi connectivity index (χ4n) is 1.47. The molecule has 1 saturated heterocycles. The predicted molar refractivity (Wildman–Crippen MR) is 52.9 cm³/mol. The van der Waals surface area contributed by atoms with E-state index in [2.05, 4.69) is 5.32 Å². The lowest BCUT2D eigenvalue weighted by molar-refractivity contribution is -0.0271. The minimum absolute atomic E-state index is 0.0914. The largest absolute Gasteiger partial charge is 0.404 e. The van der Waals surface area contributed by atoms with Gasteiger partial charge in [0.25, 0.3) is 0 Å². The number of rotatable bonds is 2. The Kier molecular flexibility index (Phi) is 3.45. The molecule has 1 aliphatic rings. The van der Waals surface area contributed by atoms with E-state index in [0.717, 1.165) is 12.1 Å². The maximum Gasteiger partial charge on any atom is 0.101 e. The van der Waals surface area contributed by atoms with Crippen molar-refractivity contribution in [3.63, 3.8) is 0 Å². The third-order valence-electron chi connectivity index (χ3n) is 2.25. The zero-order valence-corrected chi connectivity index (χ0v) is 8.08. The zero-order chi connectivity index (χ0) is 9.84. The van der Waals surface area contributed by atoms with Crippen LogP contribution in [-0.4, -0.2) is 31.0 Å². The summed E-state index contributed by atoms with van der Waals surface area (Å²) in [5.41, 5.74) is 6.13. The van der Waals surface area contributed by atoms with E-state index in [9.17, 15) is 0 Å². The van der Waals surface area contributed by atoms with Crippen LogP contribution in [0.25, 0.3) is 0 Å². The third-order valence-corrected chi connectivity index (χ3v) is 2.25. The quantitative estimate of drug-likeness (QED) is 0.537. The lowest BCUT2D eigenvalue weighted by atomic mass is 10.0. The van der Waals surface area contributed by atoms with Gasteiger partial charge < -0.3 is 21.2 Å². The molecular formula is C9H17N3O. The van der Waals surface area contributed by atoms with Crippen LogP contribution in [0.2, 0.25) is 0 Å². The van der Waals surface area contributed by atoms with Crippen molar-refractivity contribution in [3.05, 3.63) is 11.8 Å². The Labute approximate surface area is 78.7 Å². The van der Waals surface area contributed by atoms with Gasteiger partial charge in [0, 0.05) is 30.6 Å². The molecule has 3 atom stereocenters. The summed E-state index contributed by atoms with van der Waals surface area (Å²) in [5, 5.41) is 10.5. The maximum atomic E-state index is 7.17. The summed E-state index contributed by atoms with van der Waals surface area (Å²) in [5.74, 6) is 0. The third kappa shape index (κ3) is 2.29. The first-order valence-corrected chi connectivity index (χ1v) is 4.50. The molecular weight excluding hydrogens is 166 g/mol. The second-order valence-corrected chi connectivity index (χ2v) is 3.38. The van der Waals surface area contributed by atoms with Crippen LogP contribution in [-0.2, 0) is 4.74 Å². The Hall–Kier alpha value is -0.870. The van der Waals surface area contributed by atoms with Crippen molar-refractivity contribution in [2.24, 2.45) is 5.73 Å². The Morgan fingerprint density at radius 2 is 2.31 bits per heavy atom. The molecule has 0 aliphatic carbocycles. The molecule has 0 aromatic heterocycles. The Balaban J connectivity index is 2.70. The van der Waals surface area contributed by atoms with E-state index in [1.165, 1.54) is 12.4 Å². The van der Waals surface area contributed by atoms with E-state index in [1.807, 2.05) is 13.8 Å². The number of nitrogens with two attached hydrogens (primary N) is 1. The summed E-state index contributed by atoms with van der Waals surface area (Å²) >= 11 is 0. The molecule has 4 nitrogen and oxygen atoms in total. The van der Waals surface area contributed by atoms with Crippen molar-refractivity contribution in [3.8, 4) is 0 Å². The molecule has 0 aromatic rings. The Morgan fingerprint density at radius 3 is 2.85 bits per heavy atom. The van der Waals surface area contributed by atoms with E-state index < -0.39 is 0 Å². The van der Waals surface area contributed by atoms with Gasteiger partial charge in [-0.15, -0.1) is 0 Å². The van der Waals surface area contributed by atoms with Crippen molar-refractivity contribution in [2.45, 2.75) is 32.1 Å². The second-order valence-electron chi connectivity index (χ2n) is 3.38. The molecule has 1 fully saturated rings. The molecule has 13 heavy (non-hydrogen) atoms. The molecule has 0 aromatic carbocycles.